The first-order valence-corrected chi connectivity index (χ1v) is 37.1. The summed E-state index contributed by atoms with van der Waals surface area (Å²) in [6.07, 6.45) is 91.7. The number of hydrogen-bond donors (Lipinski definition) is 0. The summed E-state index contributed by atoms with van der Waals surface area (Å²) in [7, 11) is 0. The molecule has 83 heavy (non-hydrogen) atoms. The van der Waals surface area contributed by atoms with Crippen LogP contribution in [0.5, 0.6) is 0 Å². The van der Waals surface area contributed by atoms with E-state index < -0.39 is 6.10 Å². The van der Waals surface area contributed by atoms with Crippen molar-refractivity contribution >= 4 is 17.9 Å². The number of unbranched alkanes of at least 4 members (excludes halogenated alkanes) is 50. The van der Waals surface area contributed by atoms with Gasteiger partial charge in [0.15, 0.2) is 6.10 Å². The molecular formula is C77H142O6. The average Bonchev–Trinajstić information content (AvgIpc) is 3.48. The largest absolute Gasteiger partial charge is 0.462 e. The zero-order valence-electron chi connectivity index (χ0n) is 56.0. The lowest BCUT2D eigenvalue weighted by Gasteiger charge is -2.18. The van der Waals surface area contributed by atoms with Crippen molar-refractivity contribution in [2.24, 2.45) is 0 Å². The minimum absolute atomic E-state index is 0.0750. The summed E-state index contributed by atoms with van der Waals surface area (Å²) in [5.74, 6) is -0.868. The van der Waals surface area contributed by atoms with Gasteiger partial charge in [-0.05, 0) is 77.0 Å². The van der Waals surface area contributed by atoms with Gasteiger partial charge >= 0.3 is 17.9 Å². The zero-order chi connectivity index (χ0) is 59.9. The van der Waals surface area contributed by atoms with Gasteiger partial charge in [0.25, 0.3) is 0 Å². The van der Waals surface area contributed by atoms with Gasteiger partial charge in [0.1, 0.15) is 13.2 Å². The van der Waals surface area contributed by atoms with Crippen LogP contribution >= 0.6 is 0 Å². The van der Waals surface area contributed by atoms with Crippen molar-refractivity contribution in [3.63, 3.8) is 0 Å². The van der Waals surface area contributed by atoms with E-state index in [2.05, 4.69) is 69.4 Å². The molecule has 0 heterocycles. The molecule has 0 aromatic carbocycles. The molecular weight excluding hydrogens is 1020 g/mol. The van der Waals surface area contributed by atoms with Gasteiger partial charge in [-0.3, -0.25) is 14.4 Å². The van der Waals surface area contributed by atoms with E-state index in [9.17, 15) is 14.4 Å². The fourth-order valence-corrected chi connectivity index (χ4v) is 11.2. The minimum atomic E-state index is -0.780. The molecule has 0 saturated carbocycles. The molecule has 1 atom stereocenters. The maximum Gasteiger partial charge on any atom is 0.306 e. The van der Waals surface area contributed by atoms with Crippen LogP contribution < -0.4 is 0 Å². The third-order valence-corrected chi connectivity index (χ3v) is 16.8. The van der Waals surface area contributed by atoms with E-state index in [4.69, 9.17) is 14.2 Å². The summed E-state index contributed by atoms with van der Waals surface area (Å²) in [5, 5.41) is 0. The van der Waals surface area contributed by atoms with Crippen LogP contribution in [0.25, 0.3) is 0 Å². The lowest BCUT2D eigenvalue weighted by Crippen LogP contribution is -2.30. The Morgan fingerprint density at radius 2 is 0.446 bits per heavy atom. The normalized spacial score (nSPS) is 12.3. The Kier molecular flexibility index (Phi) is 69.6. The molecule has 0 aromatic rings. The highest BCUT2D eigenvalue weighted by molar-refractivity contribution is 5.71. The number of carbonyl (C=O) groups excluding carboxylic acids is 3. The van der Waals surface area contributed by atoms with Crippen LogP contribution in [0.3, 0.4) is 0 Å². The molecule has 0 aliphatic rings. The Labute approximate surface area is 518 Å². The summed E-state index contributed by atoms with van der Waals surface area (Å²) in [6.45, 7) is 6.64. The van der Waals surface area contributed by atoms with Gasteiger partial charge in [-0.2, -0.15) is 0 Å². The molecule has 0 spiro atoms. The van der Waals surface area contributed by atoms with E-state index in [-0.39, 0.29) is 31.1 Å². The highest BCUT2D eigenvalue weighted by atomic mass is 16.6. The van der Waals surface area contributed by atoms with E-state index in [0.29, 0.717) is 19.3 Å². The highest BCUT2D eigenvalue weighted by Crippen LogP contribution is 2.19. The fraction of sp³-hybridized carbons (Fsp3) is 0.857. The number of esters is 3. The average molecular weight is 1160 g/mol. The Hall–Kier alpha value is -2.63. The number of allylic oxidation sites excluding steroid dienone is 8. The standard InChI is InChI=1S/C77H142O6/c1-4-7-10-13-16-19-22-24-26-28-30-32-34-35-36-37-38-39-40-41-43-44-46-48-50-52-55-58-61-64-67-70-76(79)82-73-74(72-81-75(78)69-66-63-60-57-54-21-18-15-12-9-6-3)83-77(80)71-68-65-62-59-56-53-51-49-47-45-42-33-31-29-27-25-23-20-17-14-11-8-5-2/h15,18,23,25,29,31,42,45,74H,4-14,16-17,19-22,24,26-28,30,32-41,43-44,46-73H2,1-3H3/b18-15-,25-23-,31-29-,45-42-. The summed E-state index contributed by atoms with van der Waals surface area (Å²) >= 11 is 0. The zero-order valence-corrected chi connectivity index (χ0v) is 56.0. The van der Waals surface area contributed by atoms with Gasteiger partial charge in [0.05, 0.1) is 0 Å². The van der Waals surface area contributed by atoms with Gasteiger partial charge < -0.3 is 14.2 Å². The first kappa shape index (κ1) is 80.4. The minimum Gasteiger partial charge on any atom is -0.462 e. The van der Waals surface area contributed by atoms with Crippen LogP contribution in [0.4, 0.5) is 0 Å². The van der Waals surface area contributed by atoms with Gasteiger partial charge in [-0.1, -0.05) is 358 Å². The summed E-state index contributed by atoms with van der Waals surface area (Å²) in [5.41, 5.74) is 0. The fourth-order valence-electron chi connectivity index (χ4n) is 11.2. The summed E-state index contributed by atoms with van der Waals surface area (Å²) < 4.78 is 17.0. The van der Waals surface area contributed by atoms with Gasteiger partial charge in [-0.15, -0.1) is 0 Å². The van der Waals surface area contributed by atoms with Crippen molar-refractivity contribution in [1.29, 1.82) is 0 Å². The first-order chi connectivity index (χ1) is 41.0. The first-order valence-electron chi connectivity index (χ1n) is 37.1. The van der Waals surface area contributed by atoms with Crippen molar-refractivity contribution in [3.05, 3.63) is 48.6 Å². The molecule has 0 N–H and O–H groups in total. The molecule has 0 radical (unpaired) electrons. The van der Waals surface area contributed by atoms with Crippen LogP contribution in [0.2, 0.25) is 0 Å². The Morgan fingerprint density at radius 1 is 0.241 bits per heavy atom. The predicted molar refractivity (Wildman–Crippen MR) is 362 cm³/mol. The Morgan fingerprint density at radius 3 is 0.723 bits per heavy atom. The summed E-state index contributed by atoms with van der Waals surface area (Å²) in [6, 6.07) is 0. The molecule has 0 amide bonds. The van der Waals surface area contributed by atoms with Crippen LogP contribution in [0.15, 0.2) is 48.6 Å². The molecule has 0 rings (SSSR count). The van der Waals surface area contributed by atoms with Crippen molar-refractivity contribution < 1.29 is 28.6 Å². The number of hydrogen-bond acceptors (Lipinski definition) is 6. The van der Waals surface area contributed by atoms with Crippen LogP contribution in [0.1, 0.15) is 406 Å². The topological polar surface area (TPSA) is 78.9 Å². The molecule has 6 heteroatoms. The molecule has 486 valence electrons. The molecule has 0 bridgehead atoms. The van der Waals surface area contributed by atoms with E-state index in [1.165, 1.54) is 283 Å². The Balaban J connectivity index is 4.13. The van der Waals surface area contributed by atoms with Crippen molar-refractivity contribution in [2.45, 2.75) is 412 Å². The van der Waals surface area contributed by atoms with E-state index in [0.717, 1.165) is 83.5 Å². The lowest BCUT2D eigenvalue weighted by molar-refractivity contribution is -0.167. The van der Waals surface area contributed by atoms with Crippen LogP contribution in [0, 0.1) is 0 Å². The van der Waals surface area contributed by atoms with Crippen molar-refractivity contribution in [3.8, 4) is 0 Å². The Bertz CT molecular complexity index is 1430. The second kappa shape index (κ2) is 71.8. The van der Waals surface area contributed by atoms with Gasteiger partial charge in [0, 0.05) is 19.3 Å². The lowest BCUT2D eigenvalue weighted by atomic mass is 10.0. The molecule has 0 saturated heterocycles. The number of rotatable bonds is 69. The second-order valence-corrected chi connectivity index (χ2v) is 25.2. The van der Waals surface area contributed by atoms with Crippen LogP contribution in [-0.4, -0.2) is 37.2 Å². The summed E-state index contributed by atoms with van der Waals surface area (Å²) in [4.78, 5) is 38.4. The second-order valence-electron chi connectivity index (χ2n) is 25.2. The smallest absolute Gasteiger partial charge is 0.306 e. The van der Waals surface area contributed by atoms with E-state index >= 15 is 0 Å². The molecule has 6 nitrogen and oxygen atoms in total. The third kappa shape index (κ3) is 70.0. The number of carbonyl (C=O) groups is 3. The quantitative estimate of drug-likeness (QED) is 0.0261. The van der Waals surface area contributed by atoms with E-state index in [1.54, 1.807) is 0 Å². The number of ether oxygens (including phenoxy) is 3. The molecule has 0 fully saturated rings. The van der Waals surface area contributed by atoms with Crippen molar-refractivity contribution in [2.75, 3.05) is 13.2 Å². The predicted octanol–water partition coefficient (Wildman–Crippen LogP) is 25.7. The van der Waals surface area contributed by atoms with Crippen molar-refractivity contribution in [1.82, 2.24) is 0 Å². The van der Waals surface area contributed by atoms with Gasteiger partial charge in [-0.25, -0.2) is 0 Å². The van der Waals surface area contributed by atoms with E-state index in [1.807, 2.05) is 0 Å². The highest BCUT2D eigenvalue weighted by Gasteiger charge is 2.19. The molecule has 0 aliphatic carbocycles. The molecule has 0 aliphatic heterocycles. The SMILES string of the molecule is CCCC/C=C\CCCCCCCC(=O)OCC(COC(=O)CCCCCCCCCCCCCCCCCCCCCCCCCCCCCCCCC)OC(=O)CCCCCCCCCC/C=C\C/C=C\C/C=C\CCCCCCC. The van der Waals surface area contributed by atoms with Gasteiger partial charge in [0.2, 0.25) is 0 Å². The third-order valence-electron chi connectivity index (χ3n) is 16.8. The van der Waals surface area contributed by atoms with Crippen LogP contribution in [-0.2, 0) is 28.6 Å². The maximum absolute atomic E-state index is 12.9. The molecule has 1 unspecified atom stereocenters. The maximum atomic E-state index is 12.9. The molecule has 0 aromatic heterocycles. The monoisotopic (exact) mass is 1160 g/mol.